The van der Waals surface area contributed by atoms with Crippen LogP contribution in [0.15, 0.2) is 45.8 Å². The fourth-order valence-corrected chi connectivity index (χ4v) is 6.66. The van der Waals surface area contributed by atoms with Gasteiger partial charge in [0.15, 0.2) is 0 Å². The van der Waals surface area contributed by atoms with Gasteiger partial charge in [-0.15, -0.1) is 0 Å². The molecule has 0 spiro atoms. The molecule has 0 aromatic heterocycles. The zero-order valence-electron chi connectivity index (χ0n) is 16.8. The Kier molecular flexibility index (Phi) is 5.63. The number of hydrogen-bond donors (Lipinski definition) is 0. The topological polar surface area (TPSA) is 60.9 Å². The van der Waals surface area contributed by atoms with Crippen LogP contribution >= 0.6 is 15.9 Å². The summed E-state index contributed by atoms with van der Waals surface area (Å²) >= 11 is 3.43. The first kappa shape index (κ1) is 21.3. The normalized spacial score (nSPS) is 19.8. The SMILES string of the molecule is CC(=O)N1c2c(cc(Br)cc2S(=O)(=O)N2CCN(c3ccc(F)cc3)CC2)CC1C. The number of carbonyl (C=O) groups excluding carboxylic acids is 1. The lowest BCUT2D eigenvalue weighted by Gasteiger charge is -2.36. The lowest BCUT2D eigenvalue weighted by molar-refractivity contribution is -0.116. The van der Waals surface area contributed by atoms with Crippen molar-refractivity contribution in [1.82, 2.24) is 4.31 Å². The fourth-order valence-electron chi connectivity index (χ4n) is 4.33. The number of carbonyl (C=O) groups is 1. The third-order valence-corrected chi connectivity index (χ3v) is 8.07. The molecule has 2 aromatic rings. The average molecular weight is 496 g/mol. The zero-order valence-corrected chi connectivity index (χ0v) is 19.2. The Bertz CT molecular complexity index is 1080. The summed E-state index contributed by atoms with van der Waals surface area (Å²) in [4.78, 5) is 16.1. The van der Waals surface area contributed by atoms with Crippen LogP contribution in [0, 0.1) is 5.82 Å². The summed E-state index contributed by atoms with van der Waals surface area (Å²) in [5.41, 5.74) is 2.23. The third-order valence-electron chi connectivity index (χ3n) is 5.70. The minimum atomic E-state index is -3.79. The Labute approximate surface area is 184 Å². The number of rotatable bonds is 3. The van der Waals surface area contributed by atoms with Gasteiger partial charge in [0.1, 0.15) is 10.7 Å². The molecule has 0 aliphatic carbocycles. The monoisotopic (exact) mass is 495 g/mol. The van der Waals surface area contributed by atoms with E-state index in [9.17, 15) is 17.6 Å². The summed E-state index contributed by atoms with van der Waals surface area (Å²) in [6.45, 7) is 5.04. The van der Waals surface area contributed by atoms with Gasteiger partial charge in [0.2, 0.25) is 15.9 Å². The smallest absolute Gasteiger partial charge is 0.245 e. The molecule has 1 saturated heterocycles. The van der Waals surface area contributed by atoms with Gasteiger partial charge in [-0.1, -0.05) is 15.9 Å². The van der Waals surface area contributed by atoms with Gasteiger partial charge in [-0.05, 0) is 55.3 Å². The van der Waals surface area contributed by atoms with Crippen LogP contribution < -0.4 is 9.80 Å². The van der Waals surface area contributed by atoms with E-state index in [1.54, 1.807) is 23.1 Å². The van der Waals surface area contributed by atoms with Crippen molar-refractivity contribution in [1.29, 1.82) is 0 Å². The first-order chi connectivity index (χ1) is 14.2. The summed E-state index contributed by atoms with van der Waals surface area (Å²) in [7, 11) is -3.79. The van der Waals surface area contributed by atoms with Gasteiger partial charge < -0.3 is 9.80 Å². The largest absolute Gasteiger partial charge is 0.369 e. The van der Waals surface area contributed by atoms with Gasteiger partial charge in [0.25, 0.3) is 0 Å². The number of fused-ring (bicyclic) bond motifs is 1. The van der Waals surface area contributed by atoms with Crippen molar-refractivity contribution in [3.8, 4) is 0 Å². The van der Waals surface area contributed by atoms with Gasteiger partial charge in [0.05, 0.1) is 5.69 Å². The van der Waals surface area contributed by atoms with Gasteiger partial charge in [-0.25, -0.2) is 12.8 Å². The summed E-state index contributed by atoms with van der Waals surface area (Å²) in [6.07, 6.45) is 0.620. The molecule has 0 saturated carbocycles. The molecule has 6 nitrogen and oxygen atoms in total. The van der Waals surface area contributed by atoms with Crippen LogP contribution in [0.25, 0.3) is 0 Å². The van der Waals surface area contributed by atoms with Crippen LogP contribution in [-0.2, 0) is 21.2 Å². The summed E-state index contributed by atoms with van der Waals surface area (Å²) in [5.74, 6) is -0.464. The van der Waals surface area contributed by atoms with E-state index in [2.05, 4.69) is 15.9 Å². The second-order valence-electron chi connectivity index (χ2n) is 7.72. The highest BCUT2D eigenvalue weighted by Crippen LogP contribution is 2.41. The van der Waals surface area contributed by atoms with Crippen molar-refractivity contribution >= 4 is 43.2 Å². The first-order valence-corrected chi connectivity index (χ1v) is 12.0. The average Bonchev–Trinajstić information content (AvgIpc) is 3.03. The van der Waals surface area contributed by atoms with Gasteiger partial charge in [-0.3, -0.25) is 4.79 Å². The predicted octanol–water partition coefficient (Wildman–Crippen LogP) is 3.40. The molecule has 2 aliphatic rings. The Balaban J connectivity index is 1.63. The van der Waals surface area contributed by atoms with Crippen molar-refractivity contribution in [3.05, 3.63) is 52.3 Å². The Hall–Kier alpha value is -1.97. The van der Waals surface area contributed by atoms with E-state index in [0.717, 1.165) is 11.3 Å². The Morgan fingerprint density at radius 2 is 1.73 bits per heavy atom. The molecule has 0 N–H and O–H groups in total. The number of nitrogens with zero attached hydrogens (tertiary/aromatic N) is 3. The van der Waals surface area contributed by atoms with E-state index >= 15 is 0 Å². The van der Waals surface area contributed by atoms with E-state index in [1.165, 1.54) is 23.4 Å². The second-order valence-corrected chi connectivity index (χ2v) is 10.5. The molecule has 4 rings (SSSR count). The Morgan fingerprint density at radius 1 is 1.10 bits per heavy atom. The number of benzene rings is 2. The van der Waals surface area contributed by atoms with Crippen LogP contribution in [0.3, 0.4) is 0 Å². The summed E-state index contributed by atoms with van der Waals surface area (Å²) in [6, 6.07) is 9.60. The molecular formula is C21H23BrFN3O3S. The van der Waals surface area contributed by atoms with E-state index in [0.29, 0.717) is 42.8 Å². The molecule has 160 valence electrons. The third kappa shape index (κ3) is 3.74. The van der Waals surface area contributed by atoms with Crippen molar-refractivity contribution in [2.45, 2.75) is 31.2 Å². The van der Waals surface area contributed by atoms with E-state index in [-0.39, 0.29) is 22.7 Å². The molecule has 9 heteroatoms. The molecule has 2 heterocycles. The van der Waals surface area contributed by atoms with Gasteiger partial charge >= 0.3 is 0 Å². The maximum Gasteiger partial charge on any atom is 0.245 e. The van der Waals surface area contributed by atoms with E-state index in [4.69, 9.17) is 0 Å². The highest BCUT2D eigenvalue weighted by molar-refractivity contribution is 9.10. The molecule has 2 aromatic carbocycles. The number of hydrogen-bond acceptors (Lipinski definition) is 4. The first-order valence-electron chi connectivity index (χ1n) is 9.81. The van der Waals surface area contributed by atoms with Crippen molar-refractivity contribution in [2.75, 3.05) is 36.0 Å². The van der Waals surface area contributed by atoms with Crippen molar-refractivity contribution in [3.63, 3.8) is 0 Å². The van der Waals surface area contributed by atoms with Gasteiger partial charge in [0, 0.05) is 49.3 Å². The van der Waals surface area contributed by atoms with E-state index < -0.39 is 10.0 Å². The predicted molar refractivity (Wildman–Crippen MR) is 118 cm³/mol. The van der Waals surface area contributed by atoms with Crippen LogP contribution in [0.5, 0.6) is 0 Å². The number of sulfonamides is 1. The Morgan fingerprint density at radius 3 is 2.33 bits per heavy atom. The molecule has 30 heavy (non-hydrogen) atoms. The fraction of sp³-hybridized carbons (Fsp3) is 0.381. The van der Waals surface area contributed by atoms with E-state index in [1.807, 2.05) is 17.9 Å². The molecule has 1 amide bonds. The van der Waals surface area contributed by atoms with Crippen LogP contribution in [0.2, 0.25) is 0 Å². The van der Waals surface area contributed by atoms with Crippen molar-refractivity contribution < 1.29 is 17.6 Å². The molecule has 2 aliphatic heterocycles. The number of piperazine rings is 1. The van der Waals surface area contributed by atoms with Crippen LogP contribution in [0.1, 0.15) is 19.4 Å². The van der Waals surface area contributed by atoms with Crippen LogP contribution in [0.4, 0.5) is 15.8 Å². The standard InChI is InChI=1S/C21H23BrFN3O3S/c1-14-11-16-12-17(22)13-20(21(16)26(14)15(2)27)30(28,29)25-9-7-24(8-10-25)19-5-3-18(23)4-6-19/h3-6,12-14H,7-11H2,1-2H3. The summed E-state index contributed by atoms with van der Waals surface area (Å²) < 4.78 is 42.5. The minimum absolute atomic E-state index is 0.0870. The second kappa shape index (κ2) is 7.94. The van der Waals surface area contributed by atoms with Crippen LogP contribution in [-0.4, -0.2) is 50.9 Å². The zero-order chi connectivity index (χ0) is 21.6. The minimum Gasteiger partial charge on any atom is -0.369 e. The molecule has 0 bridgehead atoms. The highest BCUT2D eigenvalue weighted by Gasteiger charge is 2.38. The highest BCUT2D eigenvalue weighted by atomic mass is 79.9. The molecule has 0 radical (unpaired) electrons. The molecule has 1 fully saturated rings. The molecule has 1 atom stereocenters. The maximum atomic E-state index is 13.6. The lowest BCUT2D eigenvalue weighted by Crippen LogP contribution is -2.49. The number of amides is 1. The lowest BCUT2D eigenvalue weighted by atomic mass is 10.1. The van der Waals surface area contributed by atoms with Gasteiger partial charge in [-0.2, -0.15) is 4.31 Å². The maximum absolute atomic E-state index is 13.6. The summed E-state index contributed by atoms with van der Waals surface area (Å²) in [5, 5.41) is 0. The number of halogens is 2. The molecule has 1 unspecified atom stereocenters. The quantitative estimate of drug-likeness (QED) is 0.654. The van der Waals surface area contributed by atoms with Crippen molar-refractivity contribution in [2.24, 2.45) is 0 Å². The number of anilines is 2. The molecular weight excluding hydrogens is 473 g/mol.